The maximum Gasteiger partial charge on any atom is 0.310 e. The lowest BCUT2D eigenvalue weighted by Crippen LogP contribution is -2.14. The van der Waals surface area contributed by atoms with Crippen LogP contribution < -0.4 is 5.56 Å². The Morgan fingerprint density at radius 1 is 1.47 bits per heavy atom. The van der Waals surface area contributed by atoms with Crippen LogP contribution in [0.15, 0.2) is 4.79 Å². The number of aromatic amines is 1. The molecule has 0 atom stereocenters. The number of esters is 1. The number of rotatable bonds is 4. The maximum atomic E-state index is 11.5. The number of carbonyl (C=O) groups is 1. The van der Waals surface area contributed by atoms with E-state index >= 15 is 0 Å². The van der Waals surface area contributed by atoms with Crippen LogP contribution in [0.4, 0.5) is 0 Å². The van der Waals surface area contributed by atoms with Crippen molar-refractivity contribution in [2.24, 2.45) is 0 Å². The number of aromatic nitrogens is 2. The van der Waals surface area contributed by atoms with Crippen LogP contribution in [-0.4, -0.2) is 22.4 Å². The van der Waals surface area contributed by atoms with Crippen LogP contribution in [-0.2, 0) is 22.5 Å². The zero-order valence-corrected chi connectivity index (χ0v) is 9.29. The molecule has 1 aromatic heterocycles. The molecule has 0 saturated heterocycles. The van der Waals surface area contributed by atoms with E-state index in [0.29, 0.717) is 18.7 Å². The third-order valence-electron chi connectivity index (χ3n) is 2.29. The second-order valence-electron chi connectivity index (χ2n) is 3.23. The van der Waals surface area contributed by atoms with Crippen LogP contribution in [0.3, 0.4) is 0 Å². The number of aryl methyl sites for hydroxylation is 1. The summed E-state index contributed by atoms with van der Waals surface area (Å²) in [6.07, 6.45) is 0.0437. The molecule has 0 saturated carbocycles. The zero-order valence-electron chi connectivity index (χ0n) is 9.29. The van der Waals surface area contributed by atoms with Crippen molar-refractivity contribution in [2.45, 2.75) is 33.7 Å². The molecule has 1 N–H and O–H groups in total. The smallest absolute Gasteiger partial charge is 0.310 e. The largest absolute Gasteiger partial charge is 0.466 e. The molecule has 0 aliphatic heterocycles. The number of hydrogen-bond donors (Lipinski definition) is 1. The Kier molecular flexibility index (Phi) is 3.71. The fourth-order valence-corrected chi connectivity index (χ4v) is 1.48. The topological polar surface area (TPSA) is 64.1 Å². The van der Waals surface area contributed by atoms with E-state index in [0.717, 1.165) is 5.69 Å². The molecule has 0 aromatic carbocycles. The van der Waals surface area contributed by atoms with Crippen molar-refractivity contribution in [2.75, 3.05) is 6.61 Å². The first-order valence-electron chi connectivity index (χ1n) is 5.04. The Morgan fingerprint density at radius 3 is 2.60 bits per heavy atom. The average Bonchev–Trinajstić information content (AvgIpc) is 2.45. The van der Waals surface area contributed by atoms with Crippen LogP contribution in [0.5, 0.6) is 0 Å². The number of nitrogens with one attached hydrogen (secondary N) is 1. The lowest BCUT2D eigenvalue weighted by Gasteiger charge is -2.02. The molecule has 5 heteroatoms. The SMILES string of the molecule is CCOC(=O)Cc1c(C)n(CC)[nH]c1=O. The average molecular weight is 212 g/mol. The quantitative estimate of drug-likeness (QED) is 0.744. The van der Waals surface area contributed by atoms with E-state index < -0.39 is 0 Å². The van der Waals surface area contributed by atoms with Gasteiger partial charge in [0.2, 0.25) is 0 Å². The number of carbonyl (C=O) groups excluding carboxylic acids is 1. The second kappa shape index (κ2) is 4.82. The van der Waals surface area contributed by atoms with Gasteiger partial charge < -0.3 is 4.74 Å². The van der Waals surface area contributed by atoms with Crippen LogP contribution in [0.25, 0.3) is 0 Å². The van der Waals surface area contributed by atoms with Gasteiger partial charge in [-0.2, -0.15) is 0 Å². The molecule has 0 unspecified atom stereocenters. The Labute approximate surface area is 88.0 Å². The molecule has 0 amide bonds. The van der Waals surface area contributed by atoms with Crippen LogP contribution >= 0.6 is 0 Å². The normalized spacial score (nSPS) is 10.3. The van der Waals surface area contributed by atoms with Crippen molar-refractivity contribution in [3.05, 3.63) is 21.6 Å². The Balaban J connectivity index is 2.90. The van der Waals surface area contributed by atoms with Gasteiger partial charge in [-0.25, -0.2) is 0 Å². The van der Waals surface area contributed by atoms with Gasteiger partial charge in [0.05, 0.1) is 18.6 Å². The minimum absolute atomic E-state index is 0.0437. The molecule has 0 fully saturated rings. The highest BCUT2D eigenvalue weighted by Crippen LogP contribution is 2.03. The molecule has 1 aromatic rings. The minimum Gasteiger partial charge on any atom is -0.466 e. The first-order valence-corrected chi connectivity index (χ1v) is 5.04. The molecule has 15 heavy (non-hydrogen) atoms. The first-order chi connectivity index (χ1) is 7.10. The summed E-state index contributed by atoms with van der Waals surface area (Å²) in [4.78, 5) is 22.7. The van der Waals surface area contributed by atoms with Gasteiger partial charge in [-0.15, -0.1) is 0 Å². The summed E-state index contributed by atoms with van der Waals surface area (Å²) in [6, 6.07) is 0. The van der Waals surface area contributed by atoms with Crippen molar-refractivity contribution < 1.29 is 9.53 Å². The van der Waals surface area contributed by atoms with Gasteiger partial charge >= 0.3 is 5.97 Å². The van der Waals surface area contributed by atoms with E-state index in [1.165, 1.54) is 0 Å². The zero-order chi connectivity index (χ0) is 11.4. The molecule has 0 spiro atoms. The predicted molar refractivity (Wildman–Crippen MR) is 55.8 cm³/mol. The van der Waals surface area contributed by atoms with E-state index in [1.54, 1.807) is 11.6 Å². The van der Waals surface area contributed by atoms with E-state index in [2.05, 4.69) is 5.10 Å². The highest BCUT2D eigenvalue weighted by Gasteiger charge is 2.14. The molecule has 5 nitrogen and oxygen atoms in total. The Hall–Kier alpha value is -1.52. The third-order valence-corrected chi connectivity index (χ3v) is 2.29. The summed E-state index contributed by atoms with van der Waals surface area (Å²) in [5, 5.41) is 2.66. The van der Waals surface area contributed by atoms with Gasteiger partial charge in [0.1, 0.15) is 0 Å². The molecule has 0 radical (unpaired) electrons. The summed E-state index contributed by atoms with van der Waals surface area (Å²) >= 11 is 0. The summed E-state index contributed by atoms with van der Waals surface area (Å²) in [7, 11) is 0. The summed E-state index contributed by atoms with van der Waals surface area (Å²) in [6.45, 7) is 6.51. The number of hydrogen-bond acceptors (Lipinski definition) is 3. The van der Waals surface area contributed by atoms with E-state index in [-0.39, 0.29) is 17.9 Å². The summed E-state index contributed by atoms with van der Waals surface area (Å²) in [5.74, 6) is -0.361. The second-order valence-corrected chi connectivity index (χ2v) is 3.23. The standard InChI is InChI=1S/C10H16N2O3/c1-4-12-7(3)8(10(14)11-12)6-9(13)15-5-2/h4-6H2,1-3H3,(H,11,14). The Bertz CT molecular complexity index is 403. The molecular formula is C10H16N2O3. The lowest BCUT2D eigenvalue weighted by molar-refractivity contribution is -0.142. The maximum absolute atomic E-state index is 11.5. The van der Waals surface area contributed by atoms with Gasteiger partial charge in [-0.1, -0.05) is 0 Å². The molecule has 0 aliphatic rings. The van der Waals surface area contributed by atoms with Gasteiger partial charge in [-0.05, 0) is 20.8 Å². The summed E-state index contributed by atoms with van der Waals surface area (Å²) < 4.78 is 6.52. The number of H-pyrrole nitrogens is 1. The highest BCUT2D eigenvalue weighted by molar-refractivity contribution is 5.72. The molecule has 0 aliphatic carbocycles. The van der Waals surface area contributed by atoms with Crippen molar-refractivity contribution in [1.29, 1.82) is 0 Å². The monoisotopic (exact) mass is 212 g/mol. The molecule has 84 valence electrons. The molecule has 1 rings (SSSR count). The van der Waals surface area contributed by atoms with Crippen molar-refractivity contribution >= 4 is 5.97 Å². The molecule has 0 bridgehead atoms. The summed E-state index contributed by atoms with van der Waals surface area (Å²) in [5.41, 5.74) is 1.09. The van der Waals surface area contributed by atoms with Crippen molar-refractivity contribution in [3.63, 3.8) is 0 Å². The number of ether oxygens (including phenoxy) is 1. The van der Waals surface area contributed by atoms with Gasteiger partial charge in [0.15, 0.2) is 0 Å². The molecule has 1 heterocycles. The fraction of sp³-hybridized carbons (Fsp3) is 0.600. The predicted octanol–water partition coefficient (Wildman–Crippen LogP) is 0.610. The van der Waals surface area contributed by atoms with Gasteiger partial charge in [0, 0.05) is 12.2 Å². The lowest BCUT2D eigenvalue weighted by atomic mass is 10.2. The molecular weight excluding hydrogens is 196 g/mol. The highest BCUT2D eigenvalue weighted by atomic mass is 16.5. The van der Waals surface area contributed by atoms with Crippen molar-refractivity contribution in [1.82, 2.24) is 9.78 Å². The van der Waals surface area contributed by atoms with Crippen LogP contribution in [0, 0.1) is 6.92 Å². The van der Waals surface area contributed by atoms with E-state index in [4.69, 9.17) is 4.74 Å². The first kappa shape index (κ1) is 11.6. The van der Waals surface area contributed by atoms with E-state index in [1.807, 2.05) is 13.8 Å². The minimum atomic E-state index is -0.361. The van der Waals surface area contributed by atoms with Crippen LogP contribution in [0.1, 0.15) is 25.1 Å². The number of nitrogens with zero attached hydrogens (tertiary/aromatic N) is 1. The van der Waals surface area contributed by atoms with Gasteiger partial charge in [0.25, 0.3) is 5.56 Å². The van der Waals surface area contributed by atoms with Gasteiger partial charge in [-0.3, -0.25) is 19.4 Å². The van der Waals surface area contributed by atoms with E-state index in [9.17, 15) is 9.59 Å². The van der Waals surface area contributed by atoms with Crippen molar-refractivity contribution in [3.8, 4) is 0 Å². The third kappa shape index (κ3) is 2.49. The van der Waals surface area contributed by atoms with Crippen LogP contribution in [0.2, 0.25) is 0 Å². The Morgan fingerprint density at radius 2 is 2.13 bits per heavy atom. The fourth-order valence-electron chi connectivity index (χ4n) is 1.48.